The lowest BCUT2D eigenvalue weighted by Gasteiger charge is -2.36. The third kappa shape index (κ3) is 7.01. The summed E-state index contributed by atoms with van der Waals surface area (Å²) in [7, 11) is 0. The summed E-state index contributed by atoms with van der Waals surface area (Å²) in [4.78, 5) is 11.7. The van der Waals surface area contributed by atoms with Gasteiger partial charge in [0.1, 0.15) is 6.61 Å². The molecule has 0 atom stereocenters. The molecule has 2 N–H and O–H groups in total. The number of alkyl carbamates (subject to hydrolysis) is 1. The fourth-order valence-electron chi connectivity index (χ4n) is 2.49. The second kappa shape index (κ2) is 9.53. The Labute approximate surface area is 138 Å². The zero-order valence-electron chi connectivity index (χ0n) is 14.1. The molecule has 2 rings (SSSR count). The molecule has 0 aliphatic heterocycles. The predicted molar refractivity (Wildman–Crippen MR) is 90.2 cm³/mol. The molecule has 1 saturated carbocycles. The molecular weight excluding hydrogens is 292 g/mol. The summed E-state index contributed by atoms with van der Waals surface area (Å²) in [6.07, 6.45) is 1.56. The van der Waals surface area contributed by atoms with Crippen molar-refractivity contribution in [1.82, 2.24) is 10.6 Å². The number of hydrogen-bond acceptors (Lipinski definition) is 4. The molecule has 1 aliphatic rings. The maximum atomic E-state index is 11.7. The topological polar surface area (TPSA) is 59.6 Å². The van der Waals surface area contributed by atoms with E-state index in [0.717, 1.165) is 38.2 Å². The number of amides is 1. The largest absolute Gasteiger partial charge is 0.445 e. The minimum Gasteiger partial charge on any atom is -0.445 e. The summed E-state index contributed by atoms with van der Waals surface area (Å²) in [5, 5.41) is 6.34. The Hall–Kier alpha value is -1.59. The van der Waals surface area contributed by atoms with E-state index >= 15 is 0 Å². The Bertz CT molecular complexity index is 459. The van der Waals surface area contributed by atoms with Crippen LogP contribution in [0.2, 0.25) is 0 Å². The monoisotopic (exact) mass is 320 g/mol. The van der Waals surface area contributed by atoms with Gasteiger partial charge in [0, 0.05) is 25.2 Å². The van der Waals surface area contributed by atoms with Crippen molar-refractivity contribution in [1.29, 1.82) is 0 Å². The van der Waals surface area contributed by atoms with Gasteiger partial charge in [0.15, 0.2) is 0 Å². The van der Waals surface area contributed by atoms with Crippen molar-refractivity contribution >= 4 is 6.09 Å². The fraction of sp³-hybridized carbons (Fsp3) is 0.611. The lowest BCUT2D eigenvalue weighted by atomic mass is 9.87. The molecule has 0 heterocycles. The van der Waals surface area contributed by atoms with Crippen LogP contribution in [-0.2, 0) is 16.1 Å². The summed E-state index contributed by atoms with van der Waals surface area (Å²) < 4.78 is 10.7. The number of carbonyl (C=O) groups is 1. The van der Waals surface area contributed by atoms with E-state index in [1.807, 2.05) is 30.3 Å². The zero-order chi connectivity index (χ0) is 16.5. The molecule has 1 amide bonds. The van der Waals surface area contributed by atoms with Gasteiger partial charge in [-0.2, -0.15) is 0 Å². The van der Waals surface area contributed by atoms with Crippen LogP contribution in [0.15, 0.2) is 30.3 Å². The maximum absolute atomic E-state index is 11.7. The highest BCUT2D eigenvalue weighted by molar-refractivity contribution is 5.67. The van der Waals surface area contributed by atoms with Gasteiger partial charge >= 0.3 is 6.09 Å². The molecule has 0 spiro atoms. The molecule has 1 aliphatic carbocycles. The van der Waals surface area contributed by atoms with Gasteiger partial charge in [-0.1, -0.05) is 44.2 Å². The molecular formula is C18H28N2O3. The second-order valence-electron chi connectivity index (χ2n) is 6.49. The average molecular weight is 320 g/mol. The quantitative estimate of drug-likeness (QED) is 0.687. The molecule has 0 radical (unpaired) electrons. The highest BCUT2D eigenvalue weighted by Crippen LogP contribution is 2.19. The van der Waals surface area contributed by atoms with Gasteiger partial charge in [0.25, 0.3) is 0 Å². The van der Waals surface area contributed by atoms with Crippen LogP contribution in [0, 0.1) is 5.92 Å². The Morgan fingerprint density at radius 2 is 1.96 bits per heavy atom. The summed E-state index contributed by atoms with van der Waals surface area (Å²) in [6, 6.07) is 10.4. The van der Waals surface area contributed by atoms with E-state index in [-0.39, 0.29) is 12.1 Å². The maximum Gasteiger partial charge on any atom is 0.407 e. The number of nitrogens with one attached hydrogen (secondary N) is 2. The highest BCUT2D eigenvalue weighted by atomic mass is 16.5. The van der Waals surface area contributed by atoms with Crippen molar-refractivity contribution in [2.75, 3.05) is 19.8 Å². The van der Waals surface area contributed by atoms with Gasteiger partial charge < -0.3 is 20.1 Å². The number of rotatable bonds is 9. The molecule has 128 valence electrons. The van der Waals surface area contributed by atoms with E-state index in [1.165, 1.54) is 0 Å². The highest BCUT2D eigenvalue weighted by Gasteiger charge is 2.30. The summed E-state index contributed by atoms with van der Waals surface area (Å²) >= 11 is 0. The van der Waals surface area contributed by atoms with Crippen molar-refractivity contribution in [2.24, 2.45) is 5.92 Å². The first-order valence-corrected chi connectivity index (χ1v) is 8.42. The zero-order valence-corrected chi connectivity index (χ0v) is 14.1. The lowest BCUT2D eigenvalue weighted by Crippen LogP contribution is -2.53. The Kier molecular flexibility index (Phi) is 7.36. The van der Waals surface area contributed by atoms with Crippen molar-refractivity contribution in [3.8, 4) is 0 Å². The third-order valence-electron chi connectivity index (χ3n) is 3.80. The fourth-order valence-corrected chi connectivity index (χ4v) is 2.49. The predicted octanol–water partition coefficient (Wildman–Crippen LogP) is 2.71. The second-order valence-corrected chi connectivity index (χ2v) is 6.49. The van der Waals surface area contributed by atoms with E-state index < -0.39 is 0 Å². The summed E-state index contributed by atoms with van der Waals surface area (Å²) in [5.74, 6) is 0.578. The number of benzene rings is 1. The van der Waals surface area contributed by atoms with Gasteiger partial charge in [0.05, 0.1) is 6.61 Å². The van der Waals surface area contributed by atoms with Crippen molar-refractivity contribution in [3.05, 3.63) is 35.9 Å². The standard InChI is InChI=1S/C18H28N2O3/c1-14(2)12-22-9-8-19-16-10-17(11-16)20-18(21)23-13-15-6-4-3-5-7-15/h3-7,14,16-17,19H,8-13H2,1-2H3,(H,20,21). The summed E-state index contributed by atoms with van der Waals surface area (Å²) in [5.41, 5.74) is 0.997. The van der Waals surface area contributed by atoms with Gasteiger partial charge in [-0.25, -0.2) is 4.79 Å². The van der Waals surface area contributed by atoms with E-state index in [2.05, 4.69) is 24.5 Å². The van der Waals surface area contributed by atoms with Crippen LogP contribution in [-0.4, -0.2) is 37.9 Å². The van der Waals surface area contributed by atoms with E-state index in [9.17, 15) is 4.79 Å². The van der Waals surface area contributed by atoms with Gasteiger partial charge in [-0.15, -0.1) is 0 Å². The van der Waals surface area contributed by atoms with E-state index in [1.54, 1.807) is 0 Å². The molecule has 5 nitrogen and oxygen atoms in total. The molecule has 0 unspecified atom stereocenters. The molecule has 0 aromatic heterocycles. The molecule has 1 aromatic carbocycles. The average Bonchev–Trinajstić information content (AvgIpc) is 2.50. The van der Waals surface area contributed by atoms with Crippen molar-refractivity contribution in [2.45, 2.75) is 45.4 Å². The molecule has 23 heavy (non-hydrogen) atoms. The van der Waals surface area contributed by atoms with Crippen LogP contribution in [0.4, 0.5) is 4.79 Å². The van der Waals surface area contributed by atoms with Crippen LogP contribution in [0.1, 0.15) is 32.3 Å². The molecule has 0 saturated heterocycles. The molecule has 5 heteroatoms. The first-order valence-electron chi connectivity index (χ1n) is 8.42. The van der Waals surface area contributed by atoms with Gasteiger partial charge in [0.2, 0.25) is 0 Å². The van der Waals surface area contributed by atoms with Gasteiger partial charge in [-0.05, 0) is 24.3 Å². The van der Waals surface area contributed by atoms with Crippen molar-refractivity contribution in [3.63, 3.8) is 0 Å². The first-order chi connectivity index (χ1) is 11.1. The van der Waals surface area contributed by atoms with Crippen LogP contribution in [0.3, 0.4) is 0 Å². The van der Waals surface area contributed by atoms with Gasteiger partial charge in [-0.3, -0.25) is 0 Å². The molecule has 1 aromatic rings. The van der Waals surface area contributed by atoms with Crippen molar-refractivity contribution < 1.29 is 14.3 Å². The minimum atomic E-state index is -0.336. The smallest absolute Gasteiger partial charge is 0.407 e. The van der Waals surface area contributed by atoms with E-state index in [0.29, 0.717) is 18.6 Å². The van der Waals surface area contributed by atoms with E-state index in [4.69, 9.17) is 9.47 Å². The Morgan fingerprint density at radius 1 is 1.22 bits per heavy atom. The van der Waals surface area contributed by atoms with Crippen LogP contribution in [0.25, 0.3) is 0 Å². The first kappa shape index (κ1) is 17.8. The number of ether oxygens (including phenoxy) is 2. The SMILES string of the molecule is CC(C)COCCNC1CC(NC(=O)OCc2ccccc2)C1. The third-order valence-corrected chi connectivity index (χ3v) is 3.80. The van der Waals surface area contributed by atoms with Crippen LogP contribution < -0.4 is 10.6 Å². The Balaban J connectivity index is 1.48. The Morgan fingerprint density at radius 3 is 2.65 bits per heavy atom. The summed E-state index contributed by atoms with van der Waals surface area (Å²) in [6.45, 7) is 7.02. The number of hydrogen-bond donors (Lipinski definition) is 2. The molecule has 0 bridgehead atoms. The van der Waals surface area contributed by atoms with Crippen LogP contribution >= 0.6 is 0 Å². The lowest BCUT2D eigenvalue weighted by molar-refractivity contribution is 0.103. The van der Waals surface area contributed by atoms with Crippen LogP contribution in [0.5, 0.6) is 0 Å². The molecule has 1 fully saturated rings. The normalized spacial score (nSPS) is 20.1. The number of carbonyl (C=O) groups excluding carboxylic acids is 1. The minimum absolute atomic E-state index is 0.215.